The Balaban J connectivity index is 2.29. The van der Waals surface area contributed by atoms with E-state index in [9.17, 15) is 0 Å². The van der Waals surface area contributed by atoms with Crippen molar-refractivity contribution in [3.63, 3.8) is 0 Å². The number of aryl methyl sites for hydroxylation is 2. The maximum Gasteiger partial charge on any atom is 0.119 e. The van der Waals surface area contributed by atoms with Gasteiger partial charge in [0.15, 0.2) is 0 Å². The van der Waals surface area contributed by atoms with Gasteiger partial charge in [0, 0.05) is 0 Å². The van der Waals surface area contributed by atoms with Gasteiger partial charge in [-0.2, -0.15) is 0 Å². The highest BCUT2D eigenvalue weighted by Gasteiger charge is 2.12. The molecule has 0 bridgehead atoms. The quantitative estimate of drug-likeness (QED) is 0.885. The van der Waals surface area contributed by atoms with Gasteiger partial charge in [0.2, 0.25) is 0 Å². The first kappa shape index (κ1) is 14.6. The van der Waals surface area contributed by atoms with Gasteiger partial charge < -0.3 is 10.1 Å². The summed E-state index contributed by atoms with van der Waals surface area (Å²) in [6.45, 7) is 7.00. The van der Waals surface area contributed by atoms with E-state index < -0.39 is 0 Å². The third-order valence-electron chi connectivity index (χ3n) is 3.68. The van der Waals surface area contributed by atoms with Gasteiger partial charge in [-0.15, -0.1) is 0 Å². The molecule has 2 rings (SSSR count). The highest BCUT2D eigenvalue weighted by atomic mass is 16.5. The predicted molar refractivity (Wildman–Crippen MR) is 84.4 cm³/mol. The molecule has 2 heteroatoms. The molecule has 2 nitrogen and oxygen atoms in total. The van der Waals surface area contributed by atoms with Crippen LogP contribution in [-0.4, -0.2) is 13.7 Å². The number of hydrogen-bond acceptors (Lipinski definition) is 2. The number of nitrogens with one attached hydrogen (secondary N) is 1. The Hall–Kier alpha value is -1.80. The van der Waals surface area contributed by atoms with Crippen molar-refractivity contribution in [3.05, 3.63) is 64.7 Å². The van der Waals surface area contributed by atoms with Gasteiger partial charge in [-0.3, -0.25) is 0 Å². The fraction of sp³-hybridized carbons (Fsp3) is 0.333. The minimum Gasteiger partial charge on any atom is -0.494 e. The van der Waals surface area contributed by atoms with Crippen molar-refractivity contribution < 1.29 is 4.74 Å². The van der Waals surface area contributed by atoms with E-state index in [-0.39, 0.29) is 6.04 Å². The van der Waals surface area contributed by atoms with E-state index in [0.29, 0.717) is 6.61 Å². The zero-order valence-corrected chi connectivity index (χ0v) is 12.7. The molecule has 1 unspecified atom stereocenters. The SMILES string of the molecule is CCOc1ccc(C(NC)c2ccc(C)c(C)c2)cc1. The number of hydrogen-bond donors (Lipinski definition) is 1. The Kier molecular flexibility index (Phi) is 4.80. The summed E-state index contributed by atoms with van der Waals surface area (Å²) in [6.07, 6.45) is 0. The van der Waals surface area contributed by atoms with Gasteiger partial charge in [-0.1, -0.05) is 30.3 Å². The van der Waals surface area contributed by atoms with Crippen molar-refractivity contribution in [2.45, 2.75) is 26.8 Å². The molecule has 0 fully saturated rings. The fourth-order valence-electron chi connectivity index (χ4n) is 2.39. The van der Waals surface area contributed by atoms with Crippen LogP contribution in [0, 0.1) is 13.8 Å². The van der Waals surface area contributed by atoms with Crippen LogP contribution in [-0.2, 0) is 0 Å². The van der Waals surface area contributed by atoms with Gasteiger partial charge in [-0.25, -0.2) is 0 Å². The van der Waals surface area contributed by atoms with Crippen molar-refractivity contribution in [3.8, 4) is 5.75 Å². The number of ether oxygens (including phenoxy) is 1. The largest absolute Gasteiger partial charge is 0.494 e. The van der Waals surface area contributed by atoms with E-state index in [1.165, 1.54) is 22.3 Å². The standard InChI is InChI=1S/C18H23NO/c1-5-20-17-10-8-15(9-11-17)18(19-4)16-7-6-13(2)14(3)12-16/h6-12,18-19H,5H2,1-4H3. The van der Waals surface area contributed by atoms with Crippen LogP contribution in [0.15, 0.2) is 42.5 Å². The minimum absolute atomic E-state index is 0.213. The molecule has 0 spiro atoms. The van der Waals surface area contributed by atoms with Crippen LogP contribution >= 0.6 is 0 Å². The van der Waals surface area contributed by atoms with Crippen molar-refractivity contribution >= 4 is 0 Å². The summed E-state index contributed by atoms with van der Waals surface area (Å²) in [4.78, 5) is 0. The zero-order valence-electron chi connectivity index (χ0n) is 12.7. The molecule has 0 saturated carbocycles. The van der Waals surface area contributed by atoms with Gasteiger partial charge >= 0.3 is 0 Å². The van der Waals surface area contributed by atoms with E-state index in [1.54, 1.807) is 0 Å². The van der Waals surface area contributed by atoms with E-state index in [0.717, 1.165) is 5.75 Å². The van der Waals surface area contributed by atoms with Gasteiger partial charge in [0.25, 0.3) is 0 Å². The fourth-order valence-corrected chi connectivity index (χ4v) is 2.39. The van der Waals surface area contributed by atoms with Crippen LogP contribution in [0.25, 0.3) is 0 Å². The normalized spacial score (nSPS) is 12.2. The highest BCUT2D eigenvalue weighted by Crippen LogP contribution is 2.25. The predicted octanol–water partition coefficient (Wildman–Crippen LogP) is 4.01. The summed E-state index contributed by atoms with van der Waals surface area (Å²) in [6, 6.07) is 15.2. The summed E-state index contributed by atoms with van der Waals surface area (Å²) in [5.74, 6) is 0.922. The molecule has 0 heterocycles. The molecule has 20 heavy (non-hydrogen) atoms. The Labute approximate surface area is 121 Å². The molecule has 0 aliphatic heterocycles. The highest BCUT2D eigenvalue weighted by molar-refractivity contribution is 5.38. The van der Waals surface area contributed by atoms with Crippen LogP contribution in [0.4, 0.5) is 0 Å². The summed E-state index contributed by atoms with van der Waals surface area (Å²) in [5.41, 5.74) is 5.20. The van der Waals surface area contributed by atoms with Crippen LogP contribution in [0.3, 0.4) is 0 Å². The summed E-state index contributed by atoms with van der Waals surface area (Å²) in [5, 5.41) is 3.39. The van der Waals surface area contributed by atoms with Crippen molar-refractivity contribution in [2.24, 2.45) is 0 Å². The molecule has 0 saturated heterocycles. The molecule has 0 aromatic heterocycles. The van der Waals surface area contributed by atoms with Crippen molar-refractivity contribution in [2.75, 3.05) is 13.7 Å². The smallest absolute Gasteiger partial charge is 0.119 e. The Morgan fingerprint density at radius 1 is 0.950 bits per heavy atom. The molecule has 2 aromatic rings. The van der Waals surface area contributed by atoms with E-state index in [4.69, 9.17) is 4.74 Å². The van der Waals surface area contributed by atoms with Gasteiger partial charge in [0.05, 0.1) is 12.6 Å². The lowest BCUT2D eigenvalue weighted by Gasteiger charge is -2.19. The number of benzene rings is 2. The Morgan fingerprint density at radius 3 is 2.15 bits per heavy atom. The molecule has 106 valence electrons. The van der Waals surface area contributed by atoms with E-state index >= 15 is 0 Å². The Bertz CT molecular complexity index is 560. The third-order valence-corrected chi connectivity index (χ3v) is 3.68. The van der Waals surface area contributed by atoms with E-state index in [2.05, 4.69) is 49.5 Å². The molecule has 1 N–H and O–H groups in total. The lowest BCUT2D eigenvalue weighted by atomic mass is 9.96. The molecular formula is C18H23NO. The van der Waals surface area contributed by atoms with Crippen molar-refractivity contribution in [1.29, 1.82) is 0 Å². The molecule has 0 radical (unpaired) electrons. The molecule has 0 aliphatic carbocycles. The summed E-state index contributed by atoms with van der Waals surface area (Å²) >= 11 is 0. The van der Waals surface area contributed by atoms with E-state index in [1.807, 2.05) is 26.1 Å². The maximum atomic E-state index is 5.49. The first-order valence-corrected chi connectivity index (χ1v) is 7.13. The molecule has 1 atom stereocenters. The van der Waals surface area contributed by atoms with Crippen LogP contribution in [0.5, 0.6) is 5.75 Å². The average Bonchev–Trinajstić information content (AvgIpc) is 2.46. The minimum atomic E-state index is 0.213. The molecular weight excluding hydrogens is 246 g/mol. The number of rotatable bonds is 5. The Morgan fingerprint density at radius 2 is 1.60 bits per heavy atom. The van der Waals surface area contributed by atoms with Crippen LogP contribution in [0.1, 0.15) is 35.2 Å². The maximum absolute atomic E-state index is 5.49. The zero-order chi connectivity index (χ0) is 14.5. The topological polar surface area (TPSA) is 21.3 Å². The average molecular weight is 269 g/mol. The second-order valence-corrected chi connectivity index (χ2v) is 5.07. The van der Waals surface area contributed by atoms with Gasteiger partial charge in [0.1, 0.15) is 5.75 Å². The summed E-state index contributed by atoms with van der Waals surface area (Å²) < 4.78 is 5.49. The second-order valence-electron chi connectivity index (χ2n) is 5.07. The molecule has 2 aromatic carbocycles. The monoisotopic (exact) mass is 269 g/mol. The first-order chi connectivity index (χ1) is 9.65. The van der Waals surface area contributed by atoms with Crippen LogP contribution in [0.2, 0.25) is 0 Å². The second kappa shape index (κ2) is 6.58. The third kappa shape index (κ3) is 3.20. The van der Waals surface area contributed by atoms with Crippen molar-refractivity contribution in [1.82, 2.24) is 5.32 Å². The molecule has 0 aliphatic rings. The molecule has 0 amide bonds. The lowest BCUT2D eigenvalue weighted by Crippen LogP contribution is -2.17. The van der Waals surface area contributed by atoms with Gasteiger partial charge in [-0.05, 0) is 62.2 Å². The first-order valence-electron chi connectivity index (χ1n) is 7.13. The lowest BCUT2D eigenvalue weighted by molar-refractivity contribution is 0.340. The van der Waals surface area contributed by atoms with Crippen LogP contribution < -0.4 is 10.1 Å². The summed E-state index contributed by atoms with van der Waals surface area (Å²) in [7, 11) is 2.00.